The van der Waals surface area contributed by atoms with Crippen molar-refractivity contribution >= 4 is 6.09 Å². The molecule has 0 aromatic heterocycles. The van der Waals surface area contributed by atoms with Crippen LogP contribution in [0.5, 0.6) is 11.5 Å². The zero-order valence-electron chi connectivity index (χ0n) is 16.6. The lowest BCUT2D eigenvalue weighted by Crippen LogP contribution is -2.44. The van der Waals surface area contributed by atoms with Gasteiger partial charge in [0.15, 0.2) is 11.5 Å². The number of hydrogen-bond acceptors (Lipinski definition) is 5. The van der Waals surface area contributed by atoms with Crippen molar-refractivity contribution in [3.63, 3.8) is 0 Å². The molecule has 0 unspecified atom stereocenters. The summed E-state index contributed by atoms with van der Waals surface area (Å²) >= 11 is 0. The van der Waals surface area contributed by atoms with Gasteiger partial charge in [0.25, 0.3) is 0 Å². The van der Waals surface area contributed by atoms with Crippen LogP contribution in [0.4, 0.5) is 4.79 Å². The highest BCUT2D eigenvalue weighted by molar-refractivity contribution is 5.67. The van der Waals surface area contributed by atoms with Crippen LogP contribution in [0.3, 0.4) is 0 Å². The van der Waals surface area contributed by atoms with Gasteiger partial charge in [-0.3, -0.25) is 4.90 Å². The molecular formula is C22H28N2O4. The van der Waals surface area contributed by atoms with E-state index in [1.807, 2.05) is 6.08 Å². The minimum atomic E-state index is -0.346. The second-order valence-electron chi connectivity index (χ2n) is 8.93. The number of benzene rings is 1. The van der Waals surface area contributed by atoms with Gasteiger partial charge in [-0.1, -0.05) is 12.1 Å². The Morgan fingerprint density at radius 1 is 1.39 bits per heavy atom. The fourth-order valence-corrected chi connectivity index (χ4v) is 4.98. The summed E-state index contributed by atoms with van der Waals surface area (Å²) in [5.74, 6) is 1.68. The maximum atomic E-state index is 12.0. The van der Waals surface area contributed by atoms with E-state index in [9.17, 15) is 9.90 Å². The number of phenols is 1. The first-order valence-electron chi connectivity index (χ1n) is 10.3. The highest BCUT2D eigenvalue weighted by Crippen LogP contribution is 2.55. The number of hydrogen-bond donors (Lipinski definition) is 1. The van der Waals surface area contributed by atoms with Crippen molar-refractivity contribution in [2.45, 2.75) is 49.9 Å². The average Bonchev–Trinajstić information content (AvgIpc) is 3.43. The van der Waals surface area contributed by atoms with Gasteiger partial charge in [0.05, 0.1) is 5.41 Å². The van der Waals surface area contributed by atoms with Gasteiger partial charge < -0.3 is 19.5 Å². The van der Waals surface area contributed by atoms with Gasteiger partial charge in [-0.05, 0) is 49.4 Å². The van der Waals surface area contributed by atoms with Gasteiger partial charge in [-0.25, -0.2) is 4.79 Å². The second-order valence-corrected chi connectivity index (χ2v) is 8.93. The normalized spacial score (nSPS) is 30.8. The van der Waals surface area contributed by atoms with Crippen LogP contribution in [0.15, 0.2) is 24.3 Å². The third-order valence-corrected chi connectivity index (χ3v) is 6.64. The first-order chi connectivity index (χ1) is 13.5. The number of nitrogens with zero attached hydrogens (tertiary/aromatic N) is 2. The molecule has 1 spiro atoms. The van der Waals surface area contributed by atoms with Crippen molar-refractivity contribution in [1.29, 1.82) is 0 Å². The first kappa shape index (κ1) is 17.9. The van der Waals surface area contributed by atoms with Crippen LogP contribution < -0.4 is 4.74 Å². The van der Waals surface area contributed by atoms with Crippen LogP contribution in [-0.4, -0.2) is 60.4 Å². The van der Waals surface area contributed by atoms with Crippen LogP contribution in [0.1, 0.15) is 36.8 Å². The Morgan fingerprint density at radius 3 is 2.96 bits per heavy atom. The van der Waals surface area contributed by atoms with Crippen molar-refractivity contribution < 1.29 is 19.4 Å². The fraction of sp³-hybridized carbons (Fsp3) is 0.591. The van der Waals surface area contributed by atoms with Crippen LogP contribution in [0.2, 0.25) is 0 Å². The van der Waals surface area contributed by atoms with E-state index in [0.717, 1.165) is 37.5 Å². The van der Waals surface area contributed by atoms with Crippen LogP contribution in [-0.2, 0) is 16.7 Å². The van der Waals surface area contributed by atoms with Gasteiger partial charge in [-0.15, -0.1) is 0 Å². The lowest BCUT2D eigenvalue weighted by Gasteiger charge is -2.37. The minimum absolute atomic E-state index is 0.125. The minimum Gasteiger partial charge on any atom is -0.504 e. The molecule has 2 aliphatic carbocycles. The van der Waals surface area contributed by atoms with E-state index in [1.165, 1.54) is 23.3 Å². The van der Waals surface area contributed by atoms with Crippen LogP contribution in [0.25, 0.3) is 0 Å². The predicted octanol–water partition coefficient (Wildman–Crippen LogP) is 3.03. The van der Waals surface area contributed by atoms with E-state index in [0.29, 0.717) is 12.2 Å². The summed E-state index contributed by atoms with van der Waals surface area (Å²) in [6.45, 7) is 3.08. The Bertz CT molecular complexity index is 832. The monoisotopic (exact) mass is 384 g/mol. The molecule has 0 radical (unpaired) electrons. The molecule has 1 aromatic rings. The molecule has 1 amide bonds. The zero-order chi connectivity index (χ0) is 19.5. The summed E-state index contributed by atoms with van der Waals surface area (Å²) in [5.41, 5.74) is 2.15. The standard InChI is InChI=1S/C22H28N2O4/c1-23(2)21(26)27-16-7-8-22-9-10-24(12-14-3-4-14)13-15-5-6-17(25)20(19(15)22)28-18(22)11-16/h5-8,14,16,18,25H,3-4,9-13H2,1-2H3/t16-,18-,22-/m0/s1. The molecule has 3 atom stereocenters. The summed E-state index contributed by atoms with van der Waals surface area (Å²) in [4.78, 5) is 16.0. The summed E-state index contributed by atoms with van der Waals surface area (Å²) in [7, 11) is 3.37. The van der Waals surface area contributed by atoms with E-state index in [4.69, 9.17) is 9.47 Å². The van der Waals surface area contributed by atoms with Crippen LogP contribution in [0, 0.1) is 5.92 Å². The molecule has 6 nitrogen and oxygen atoms in total. The lowest BCUT2D eigenvalue weighted by molar-refractivity contribution is 0.0478. The number of phenolic OH excluding ortho intramolecular Hbond substituents is 1. The fourth-order valence-electron chi connectivity index (χ4n) is 4.98. The molecule has 2 heterocycles. The summed E-state index contributed by atoms with van der Waals surface area (Å²) in [6, 6.07) is 3.81. The smallest absolute Gasteiger partial charge is 0.409 e. The largest absolute Gasteiger partial charge is 0.504 e. The van der Waals surface area contributed by atoms with E-state index in [-0.39, 0.29) is 29.5 Å². The van der Waals surface area contributed by atoms with Gasteiger partial charge in [0.1, 0.15) is 12.2 Å². The molecule has 1 N–H and O–H groups in total. The molecule has 0 bridgehead atoms. The number of amides is 1. The van der Waals surface area contributed by atoms with Gasteiger partial charge >= 0.3 is 6.09 Å². The molecule has 1 saturated carbocycles. The zero-order valence-corrected chi connectivity index (χ0v) is 16.6. The molecule has 6 heteroatoms. The van der Waals surface area contributed by atoms with E-state index >= 15 is 0 Å². The topological polar surface area (TPSA) is 62.2 Å². The Hall–Kier alpha value is -2.21. The number of carbonyl (C=O) groups is 1. The quantitative estimate of drug-likeness (QED) is 0.812. The lowest BCUT2D eigenvalue weighted by atomic mass is 9.69. The molecule has 1 fully saturated rings. The Morgan fingerprint density at radius 2 is 2.21 bits per heavy atom. The van der Waals surface area contributed by atoms with Gasteiger partial charge in [0, 0.05) is 39.2 Å². The number of rotatable bonds is 3. The predicted molar refractivity (Wildman–Crippen MR) is 105 cm³/mol. The molecular weight excluding hydrogens is 356 g/mol. The number of aromatic hydroxyl groups is 1. The van der Waals surface area contributed by atoms with E-state index < -0.39 is 0 Å². The summed E-state index contributed by atoms with van der Waals surface area (Å²) in [5, 5.41) is 10.5. The Balaban J connectivity index is 1.48. The van der Waals surface area contributed by atoms with Gasteiger partial charge in [0.2, 0.25) is 0 Å². The second kappa shape index (κ2) is 6.41. The molecule has 150 valence electrons. The third kappa shape index (κ3) is 2.85. The van der Waals surface area contributed by atoms with E-state index in [2.05, 4.69) is 17.0 Å². The Labute approximate surface area is 165 Å². The van der Waals surface area contributed by atoms with Crippen molar-refractivity contribution in [2.75, 3.05) is 27.2 Å². The maximum absolute atomic E-state index is 12.0. The number of carbonyl (C=O) groups excluding carboxylic acids is 1. The van der Waals surface area contributed by atoms with Gasteiger partial charge in [-0.2, -0.15) is 0 Å². The summed E-state index contributed by atoms with van der Waals surface area (Å²) < 4.78 is 11.9. The van der Waals surface area contributed by atoms with Crippen molar-refractivity contribution in [2.24, 2.45) is 5.92 Å². The first-order valence-corrected chi connectivity index (χ1v) is 10.3. The molecule has 4 aliphatic rings. The summed E-state index contributed by atoms with van der Waals surface area (Å²) in [6.07, 6.45) is 7.67. The van der Waals surface area contributed by atoms with E-state index in [1.54, 1.807) is 20.2 Å². The van der Waals surface area contributed by atoms with Crippen molar-refractivity contribution in [3.8, 4) is 11.5 Å². The van der Waals surface area contributed by atoms with Crippen LogP contribution >= 0.6 is 0 Å². The molecule has 2 aliphatic heterocycles. The maximum Gasteiger partial charge on any atom is 0.409 e. The number of ether oxygens (including phenoxy) is 2. The van der Waals surface area contributed by atoms with Crippen molar-refractivity contribution in [3.05, 3.63) is 35.4 Å². The highest BCUT2D eigenvalue weighted by atomic mass is 16.6. The molecule has 5 rings (SSSR count). The Kier molecular flexibility index (Phi) is 4.09. The molecule has 28 heavy (non-hydrogen) atoms. The average molecular weight is 384 g/mol. The highest BCUT2D eigenvalue weighted by Gasteiger charge is 2.53. The molecule has 0 saturated heterocycles. The SMILES string of the molecule is CN(C)C(=O)O[C@H]1C=C[C@@]23CCN(CC4CC4)Cc4ccc(O)c(c42)O[C@H]3C1. The van der Waals surface area contributed by atoms with Crippen molar-refractivity contribution in [1.82, 2.24) is 9.80 Å². The third-order valence-electron chi connectivity index (χ3n) is 6.64. The molecule has 1 aromatic carbocycles.